The highest BCUT2D eigenvalue weighted by atomic mass is 32.2. The molecule has 8 heteroatoms. The second-order valence-electron chi connectivity index (χ2n) is 6.59. The Kier molecular flexibility index (Phi) is 6.00. The summed E-state index contributed by atoms with van der Waals surface area (Å²) >= 11 is 0. The minimum absolute atomic E-state index is 0.138. The van der Waals surface area contributed by atoms with Crippen LogP contribution in [-0.2, 0) is 14.8 Å². The number of nitrogens with one attached hydrogen (secondary N) is 1. The predicted octanol–water partition coefficient (Wildman–Crippen LogP) is 0.296. The minimum Gasteiger partial charge on any atom is -0.337 e. The van der Waals surface area contributed by atoms with Crippen molar-refractivity contribution in [3.05, 3.63) is 0 Å². The molecule has 1 saturated carbocycles. The summed E-state index contributed by atoms with van der Waals surface area (Å²) in [7, 11) is -3.17. The molecule has 2 fully saturated rings. The van der Waals surface area contributed by atoms with Crippen molar-refractivity contribution in [2.45, 2.75) is 44.1 Å². The summed E-state index contributed by atoms with van der Waals surface area (Å²) < 4.78 is 24.7. The van der Waals surface area contributed by atoms with Crippen LogP contribution in [0.4, 0.5) is 0 Å². The van der Waals surface area contributed by atoms with Gasteiger partial charge in [-0.1, -0.05) is 19.3 Å². The van der Waals surface area contributed by atoms with E-state index in [0.29, 0.717) is 32.6 Å². The molecule has 0 unspecified atom stereocenters. The van der Waals surface area contributed by atoms with E-state index < -0.39 is 15.6 Å². The molecular weight excluding hydrogens is 316 g/mol. The molecule has 0 aromatic carbocycles. The summed E-state index contributed by atoms with van der Waals surface area (Å²) in [5.41, 5.74) is -0.708. The number of sulfonamides is 1. The molecule has 1 saturated heterocycles. The molecule has 0 radical (unpaired) electrons. The minimum atomic E-state index is -3.17. The SMILES string of the molecule is CS(=O)(=O)N1CCCN(CC(=O)NC2(C#N)CCCCC2)CC1. The van der Waals surface area contributed by atoms with Crippen LogP contribution in [0.1, 0.15) is 38.5 Å². The lowest BCUT2D eigenvalue weighted by molar-refractivity contribution is -0.123. The quantitative estimate of drug-likeness (QED) is 0.793. The number of hydrogen-bond acceptors (Lipinski definition) is 5. The van der Waals surface area contributed by atoms with Crippen LogP contribution in [0.3, 0.4) is 0 Å². The fourth-order valence-corrected chi connectivity index (χ4v) is 4.24. The Labute approximate surface area is 138 Å². The Hall–Kier alpha value is -1.17. The summed E-state index contributed by atoms with van der Waals surface area (Å²) in [6.07, 6.45) is 6.43. The zero-order chi connectivity index (χ0) is 16.9. The van der Waals surface area contributed by atoms with Gasteiger partial charge in [0.1, 0.15) is 5.54 Å². The van der Waals surface area contributed by atoms with Gasteiger partial charge in [0.05, 0.1) is 18.9 Å². The summed E-state index contributed by atoms with van der Waals surface area (Å²) in [5, 5.41) is 12.3. The first-order valence-electron chi connectivity index (χ1n) is 8.24. The third-order valence-corrected chi connectivity index (χ3v) is 5.99. The van der Waals surface area contributed by atoms with E-state index in [1.165, 1.54) is 10.6 Å². The van der Waals surface area contributed by atoms with E-state index in [-0.39, 0.29) is 12.5 Å². The highest BCUT2D eigenvalue weighted by molar-refractivity contribution is 7.88. The molecule has 1 heterocycles. The van der Waals surface area contributed by atoms with Crippen molar-refractivity contribution in [3.8, 4) is 6.07 Å². The van der Waals surface area contributed by atoms with Crippen LogP contribution in [0.15, 0.2) is 0 Å². The largest absolute Gasteiger partial charge is 0.337 e. The van der Waals surface area contributed by atoms with Gasteiger partial charge < -0.3 is 5.32 Å². The number of carbonyl (C=O) groups excluding carboxylic acids is 1. The van der Waals surface area contributed by atoms with E-state index in [1.807, 2.05) is 4.90 Å². The van der Waals surface area contributed by atoms with Gasteiger partial charge in [0, 0.05) is 19.6 Å². The number of nitrogens with zero attached hydrogens (tertiary/aromatic N) is 3. The molecule has 1 amide bonds. The summed E-state index contributed by atoms with van der Waals surface area (Å²) in [6.45, 7) is 2.37. The van der Waals surface area contributed by atoms with Gasteiger partial charge in [-0.3, -0.25) is 9.69 Å². The third-order valence-electron chi connectivity index (χ3n) is 4.68. The summed E-state index contributed by atoms with van der Waals surface area (Å²) in [4.78, 5) is 14.3. The standard InChI is InChI=1S/C15H26N4O3S/c1-23(21,22)19-9-5-8-18(10-11-19)12-14(20)17-15(13-16)6-3-2-4-7-15/h2-12H2,1H3,(H,17,20). The van der Waals surface area contributed by atoms with Gasteiger partial charge in [0.2, 0.25) is 15.9 Å². The first-order chi connectivity index (χ1) is 10.8. The second-order valence-corrected chi connectivity index (χ2v) is 8.58. The Morgan fingerprint density at radius 2 is 1.83 bits per heavy atom. The van der Waals surface area contributed by atoms with Crippen molar-refractivity contribution in [1.29, 1.82) is 5.26 Å². The van der Waals surface area contributed by atoms with Crippen LogP contribution in [0.25, 0.3) is 0 Å². The van der Waals surface area contributed by atoms with Gasteiger partial charge >= 0.3 is 0 Å². The average molecular weight is 342 g/mol. The van der Waals surface area contributed by atoms with Gasteiger partial charge in [-0.15, -0.1) is 0 Å². The maximum absolute atomic E-state index is 12.3. The molecule has 2 rings (SSSR count). The fourth-order valence-electron chi connectivity index (χ4n) is 3.37. The molecule has 7 nitrogen and oxygen atoms in total. The third kappa shape index (κ3) is 5.16. The summed E-state index contributed by atoms with van der Waals surface area (Å²) in [5.74, 6) is -0.138. The lowest BCUT2D eigenvalue weighted by atomic mass is 9.83. The molecule has 2 aliphatic rings. The second kappa shape index (κ2) is 7.60. The van der Waals surface area contributed by atoms with E-state index in [9.17, 15) is 18.5 Å². The number of nitriles is 1. The molecule has 0 atom stereocenters. The first-order valence-corrected chi connectivity index (χ1v) is 10.1. The van der Waals surface area contributed by atoms with Crippen molar-refractivity contribution in [2.75, 3.05) is 39.0 Å². The Morgan fingerprint density at radius 1 is 1.13 bits per heavy atom. The van der Waals surface area contributed by atoms with Gasteiger partial charge in [-0.25, -0.2) is 12.7 Å². The van der Waals surface area contributed by atoms with Crippen LogP contribution in [0.5, 0.6) is 0 Å². The molecule has 23 heavy (non-hydrogen) atoms. The van der Waals surface area contributed by atoms with Crippen LogP contribution >= 0.6 is 0 Å². The topological polar surface area (TPSA) is 93.5 Å². The maximum atomic E-state index is 12.3. The number of carbonyl (C=O) groups is 1. The monoisotopic (exact) mass is 342 g/mol. The van der Waals surface area contributed by atoms with Crippen molar-refractivity contribution in [3.63, 3.8) is 0 Å². The zero-order valence-corrected chi connectivity index (χ0v) is 14.6. The highest BCUT2D eigenvalue weighted by Gasteiger charge is 2.34. The number of hydrogen-bond donors (Lipinski definition) is 1. The van der Waals surface area contributed by atoms with Crippen LogP contribution < -0.4 is 5.32 Å². The Balaban J connectivity index is 1.87. The van der Waals surface area contributed by atoms with Gasteiger partial charge in [0.15, 0.2) is 0 Å². The van der Waals surface area contributed by atoms with E-state index in [0.717, 1.165) is 32.1 Å². The molecule has 130 valence electrons. The van der Waals surface area contributed by atoms with E-state index in [4.69, 9.17) is 0 Å². The zero-order valence-electron chi connectivity index (χ0n) is 13.8. The number of amides is 1. The van der Waals surface area contributed by atoms with E-state index in [2.05, 4.69) is 11.4 Å². The van der Waals surface area contributed by atoms with Gasteiger partial charge in [0.25, 0.3) is 0 Å². The van der Waals surface area contributed by atoms with Crippen LogP contribution in [0, 0.1) is 11.3 Å². The molecule has 1 aliphatic carbocycles. The molecular formula is C15H26N4O3S. The summed E-state index contributed by atoms with van der Waals surface area (Å²) in [6, 6.07) is 2.29. The Morgan fingerprint density at radius 3 is 2.43 bits per heavy atom. The van der Waals surface area contributed by atoms with Crippen molar-refractivity contribution in [1.82, 2.24) is 14.5 Å². The first kappa shape index (κ1) is 18.2. The molecule has 0 aromatic rings. The molecule has 1 aliphatic heterocycles. The molecule has 0 aromatic heterocycles. The van der Waals surface area contributed by atoms with E-state index in [1.54, 1.807) is 0 Å². The average Bonchev–Trinajstić information content (AvgIpc) is 2.73. The van der Waals surface area contributed by atoms with Crippen molar-refractivity contribution in [2.24, 2.45) is 0 Å². The fraction of sp³-hybridized carbons (Fsp3) is 0.867. The van der Waals surface area contributed by atoms with Crippen molar-refractivity contribution < 1.29 is 13.2 Å². The Bertz CT molecular complexity index is 564. The van der Waals surface area contributed by atoms with Crippen LogP contribution in [0.2, 0.25) is 0 Å². The predicted molar refractivity (Wildman–Crippen MR) is 87.0 cm³/mol. The van der Waals surface area contributed by atoms with Gasteiger partial charge in [-0.2, -0.15) is 5.26 Å². The highest BCUT2D eigenvalue weighted by Crippen LogP contribution is 2.27. The van der Waals surface area contributed by atoms with E-state index >= 15 is 0 Å². The van der Waals surface area contributed by atoms with Crippen molar-refractivity contribution >= 4 is 15.9 Å². The van der Waals surface area contributed by atoms with Gasteiger partial charge in [-0.05, 0) is 25.8 Å². The molecule has 0 spiro atoms. The lowest BCUT2D eigenvalue weighted by Crippen LogP contribution is -2.52. The van der Waals surface area contributed by atoms with Crippen LogP contribution in [-0.4, -0.2) is 68.0 Å². The molecule has 1 N–H and O–H groups in total. The normalized spacial score (nSPS) is 23.7. The smallest absolute Gasteiger partial charge is 0.235 e. The lowest BCUT2D eigenvalue weighted by Gasteiger charge is -2.32. The number of rotatable bonds is 4. The maximum Gasteiger partial charge on any atom is 0.235 e. The molecule has 0 bridgehead atoms.